The number of carbonyl (C=O) groups is 2. The van der Waals surface area contributed by atoms with Crippen LogP contribution in [0, 0.1) is 0 Å². The Kier molecular flexibility index (Phi) is 2.25. The van der Waals surface area contributed by atoms with Crippen molar-refractivity contribution in [3.05, 3.63) is 12.2 Å². The van der Waals surface area contributed by atoms with Crippen LogP contribution in [-0.4, -0.2) is 31.9 Å². The second-order valence-corrected chi connectivity index (χ2v) is 2.08. The van der Waals surface area contributed by atoms with Gasteiger partial charge in [-0.2, -0.15) is 0 Å². The summed E-state index contributed by atoms with van der Waals surface area (Å²) in [6.45, 7) is 0. The maximum absolute atomic E-state index is 11.1. The van der Waals surface area contributed by atoms with Gasteiger partial charge in [-0.05, 0) is 6.08 Å². The minimum Gasteiger partial charge on any atom is -0.398 e. The van der Waals surface area contributed by atoms with Gasteiger partial charge in [-0.3, -0.25) is 4.79 Å². The molecule has 0 saturated carbocycles. The molecule has 5 heteroatoms. The number of hydrogen-bond donors (Lipinski definition) is 0. The second kappa shape index (κ2) is 3.04. The molecule has 0 aromatic rings. The van der Waals surface area contributed by atoms with Crippen LogP contribution in [-0.2, 0) is 23.8 Å². The van der Waals surface area contributed by atoms with Gasteiger partial charge in [-0.15, -0.1) is 0 Å². The number of hydrogen-bond acceptors (Lipinski definition) is 5. The summed E-state index contributed by atoms with van der Waals surface area (Å²) in [7, 11) is 2.43. The van der Waals surface area contributed by atoms with Gasteiger partial charge < -0.3 is 14.2 Å². The summed E-state index contributed by atoms with van der Waals surface area (Å²) in [6, 6.07) is 0. The largest absolute Gasteiger partial charge is 0.398 e. The van der Waals surface area contributed by atoms with E-state index in [9.17, 15) is 9.59 Å². The van der Waals surface area contributed by atoms with E-state index < -0.39 is 17.7 Å². The molecule has 5 nitrogen and oxygen atoms in total. The van der Waals surface area contributed by atoms with Gasteiger partial charge in [0.05, 0.1) is 0 Å². The van der Waals surface area contributed by atoms with E-state index in [1.54, 1.807) is 0 Å². The number of ketones is 1. The lowest BCUT2D eigenvalue weighted by molar-refractivity contribution is -0.317. The molecule has 0 atom stereocenters. The third-order valence-corrected chi connectivity index (χ3v) is 1.44. The highest BCUT2D eigenvalue weighted by Crippen LogP contribution is 2.19. The maximum atomic E-state index is 11.1. The Balaban J connectivity index is 2.96. The predicted octanol–water partition coefficient (Wildman–Crippen LogP) is -0.385. The topological polar surface area (TPSA) is 61.8 Å². The van der Waals surface area contributed by atoms with Crippen molar-refractivity contribution < 1.29 is 23.8 Å². The van der Waals surface area contributed by atoms with Crippen LogP contribution in [0.1, 0.15) is 0 Å². The quantitative estimate of drug-likeness (QED) is 0.419. The van der Waals surface area contributed by atoms with Crippen molar-refractivity contribution in [1.29, 1.82) is 0 Å². The van der Waals surface area contributed by atoms with Crippen molar-refractivity contribution in [3.63, 3.8) is 0 Å². The number of ether oxygens (including phenoxy) is 3. The molecule has 1 rings (SSSR count). The zero-order chi connectivity index (χ0) is 9.19. The van der Waals surface area contributed by atoms with E-state index >= 15 is 0 Å². The Bertz CT molecular complexity index is 238. The average Bonchev–Trinajstić information content (AvgIpc) is 2.09. The summed E-state index contributed by atoms with van der Waals surface area (Å²) in [4.78, 5) is 21.8. The Morgan fingerprint density at radius 2 is 1.83 bits per heavy atom. The predicted molar refractivity (Wildman–Crippen MR) is 37.0 cm³/mol. The van der Waals surface area contributed by atoms with E-state index in [1.807, 2.05) is 0 Å². The zero-order valence-electron chi connectivity index (χ0n) is 6.70. The standard InChI is InChI=1S/C7H8O5/c1-10-7(11-2)5(8)3-4-6(9)12-7/h3-4H,1-2H3. The van der Waals surface area contributed by atoms with Crippen molar-refractivity contribution >= 4 is 11.8 Å². The highest BCUT2D eigenvalue weighted by atomic mass is 16.9. The van der Waals surface area contributed by atoms with Crippen LogP contribution in [0.5, 0.6) is 0 Å². The molecule has 0 saturated heterocycles. The Morgan fingerprint density at radius 3 is 2.25 bits per heavy atom. The van der Waals surface area contributed by atoms with Gasteiger partial charge in [0.2, 0.25) is 0 Å². The number of esters is 1. The van der Waals surface area contributed by atoms with E-state index in [-0.39, 0.29) is 0 Å². The van der Waals surface area contributed by atoms with Gasteiger partial charge in [-0.1, -0.05) is 0 Å². The Labute approximate surface area is 68.9 Å². The molecule has 1 aliphatic heterocycles. The smallest absolute Gasteiger partial charge is 0.397 e. The summed E-state index contributed by atoms with van der Waals surface area (Å²) in [5, 5.41) is 0. The van der Waals surface area contributed by atoms with Crippen LogP contribution in [0.2, 0.25) is 0 Å². The lowest BCUT2D eigenvalue weighted by atomic mass is 10.2. The van der Waals surface area contributed by atoms with Crippen molar-refractivity contribution in [2.24, 2.45) is 0 Å². The third-order valence-electron chi connectivity index (χ3n) is 1.44. The van der Waals surface area contributed by atoms with E-state index in [1.165, 1.54) is 14.2 Å². The first kappa shape index (κ1) is 8.89. The molecule has 0 unspecified atom stereocenters. The molecule has 1 aliphatic rings. The number of carbonyl (C=O) groups excluding carboxylic acids is 2. The lowest BCUT2D eigenvalue weighted by Crippen LogP contribution is -2.48. The Hall–Kier alpha value is -1.20. The summed E-state index contributed by atoms with van der Waals surface area (Å²) < 4.78 is 13.9. The average molecular weight is 172 g/mol. The molecule has 0 aliphatic carbocycles. The Morgan fingerprint density at radius 1 is 1.25 bits per heavy atom. The van der Waals surface area contributed by atoms with E-state index in [0.717, 1.165) is 12.2 Å². The first-order chi connectivity index (χ1) is 5.64. The summed E-state index contributed by atoms with van der Waals surface area (Å²) in [5.74, 6) is -3.10. The van der Waals surface area contributed by atoms with E-state index in [0.29, 0.717) is 0 Å². The molecule has 66 valence electrons. The molecule has 0 bridgehead atoms. The highest BCUT2D eigenvalue weighted by Gasteiger charge is 2.44. The first-order valence-electron chi connectivity index (χ1n) is 3.20. The molecular formula is C7H8O5. The SMILES string of the molecule is COC1(OC)OC(=O)C=CC1=O. The summed E-state index contributed by atoms with van der Waals surface area (Å²) >= 11 is 0. The molecule has 0 aromatic carbocycles. The van der Waals surface area contributed by atoms with Crippen molar-refractivity contribution in [3.8, 4) is 0 Å². The molecule has 0 fully saturated rings. The fourth-order valence-corrected chi connectivity index (χ4v) is 0.830. The fraction of sp³-hybridized carbons (Fsp3) is 0.429. The molecule has 0 N–H and O–H groups in total. The van der Waals surface area contributed by atoms with Gasteiger partial charge in [0.25, 0.3) is 5.78 Å². The summed E-state index contributed by atoms with van der Waals surface area (Å²) in [6.07, 6.45) is 2.07. The van der Waals surface area contributed by atoms with E-state index in [2.05, 4.69) is 14.2 Å². The number of cyclic esters (lactones) is 1. The van der Waals surface area contributed by atoms with Crippen molar-refractivity contribution in [2.75, 3.05) is 14.2 Å². The maximum Gasteiger partial charge on any atom is 0.397 e. The highest BCUT2D eigenvalue weighted by molar-refractivity contribution is 6.03. The first-order valence-corrected chi connectivity index (χ1v) is 3.20. The van der Waals surface area contributed by atoms with Crippen LogP contribution in [0.15, 0.2) is 12.2 Å². The molecule has 1 heterocycles. The van der Waals surface area contributed by atoms with Crippen molar-refractivity contribution in [1.82, 2.24) is 0 Å². The molecule has 0 aromatic heterocycles. The van der Waals surface area contributed by atoms with Crippen LogP contribution in [0.4, 0.5) is 0 Å². The summed E-state index contributed by atoms with van der Waals surface area (Å²) in [5.41, 5.74) is 0. The fourth-order valence-electron chi connectivity index (χ4n) is 0.830. The van der Waals surface area contributed by atoms with Crippen LogP contribution >= 0.6 is 0 Å². The van der Waals surface area contributed by atoms with Gasteiger partial charge in [0.1, 0.15) is 0 Å². The zero-order valence-corrected chi connectivity index (χ0v) is 6.70. The lowest BCUT2D eigenvalue weighted by Gasteiger charge is -2.28. The van der Waals surface area contributed by atoms with Gasteiger partial charge in [-0.25, -0.2) is 4.79 Å². The van der Waals surface area contributed by atoms with Gasteiger partial charge in [0.15, 0.2) is 0 Å². The number of methoxy groups -OCH3 is 2. The number of rotatable bonds is 2. The normalized spacial score (nSPS) is 20.8. The van der Waals surface area contributed by atoms with Crippen LogP contribution in [0.25, 0.3) is 0 Å². The van der Waals surface area contributed by atoms with Gasteiger partial charge in [0, 0.05) is 20.3 Å². The van der Waals surface area contributed by atoms with Gasteiger partial charge >= 0.3 is 11.9 Å². The monoisotopic (exact) mass is 172 g/mol. The van der Waals surface area contributed by atoms with Crippen LogP contribution < -0.4 is 0 Å². The molecular weight excluding hydrogens is 164 g/mol. The molecule has 0 amide bonds. The molecule has 0 radical (unpaired) electrons. The molecule has 0 spiro atoms. The second-order valence-electron chi connectivity index (χ2n) is 2.08. The molecule has 12 heavy (non-hydrogen) atoms. The minimum absolute atomic E-state index is 0.549. The third kappa shape index (κ3) is 1.24. The minimum atomic E-state index is -1.88. The van der Waals surface area contributed by atoms with E-state index in [4.69, 9.17) is 0 Å². The van der Waals surface area contributed by atoms with Crippen LogP contribution in [0.3, 0.4) is 0 Å². The van der Waals surface area contributed by atoms with Crippen molar-refractivity contribution in [2.45, 2.75) is 5.97 Å².